The molecule has 0 bridgehead atoms. The van der Waals surface area contributed by atoms with E-state index in [1.165, 1.54) is 0 Å². The van der Waals surface area contributed by atoms with Crippen molar-refractivity contribution in [1.29, 1.82) is 0 Å². The summed E-state index contributed by atoms with van der Waals surface area (Å²) in [5, 5.41) is 0. The van der Waals surface area contributed by atoms with Gasteiger partial charge in [0.05, 0.1) is 14.4 Å². The molecule has 0 N–H and O–H groups in total. The third kappa shape index (κ3) is 11.4. The molecular weight excluding hydrogens is 202 g/mol. The molecule has 0 saturated heterocycles. The van der Waals surface area contributed by atoms with Gasteiger partial charge in [-0.2, -0.15) is 0 Å². The van der Waals surface area contributed by atoms with E-state index < -0.39 is 7.82 Å². The molecule has 0 atom stereocenters. The molecule has 0 aliphatic heterocycles. The molecule has 10 heavy (non-hydrogen) atoms. The maximum Gasteiger partial charge on any atom is 2.00 e. The van der Waals surface area contributed by atoms with Crippen LogP contribution in [-0.4, -0.2) is 6.61 Å². The molecule has 0 rings (SSSR count). The summed E-state index contributed by atoms with van der Waals surface area (Å²) in [6.45, 7) is 3.50. The largest absolute Gasteiger partial charge is 2.00 e. The van der Waals surface area contributed by atoms with Crippen molar-refractivity contribution in [2.24, 2.45) is 5.92 Å². The summed E-state index contributed by atoms with van der Waals surface area (Å²) >= 11 is 0. The van der Waals surface area contributed by atoms with Crippen LogP contribution in [0.4, 0.5) is 0 Å². The van der Waals surface area contributed by atoms with Crippen LogP contribution in [0.2, 0.25) is 0 Å². The first-order chi connectivity index (χ1) is 3.92. The third-order valence-corrected chi connectivity index (χ3v) is 1.03. The van der Waals surface area contributed by atoms with E-state index in [0.717, 1.165) is 0 Å². The van der Waals surface area contributed by atoms with E-state index in [0.29, 0.717) is 0 Å². The van der Waals surface area contributed by atoms with Crippen LogP contribution >= 0.6 is 7.82 Å². The SMILES string of the molecule is CC(C)COP(=O)([O-])[O-].[Ni+2]. The van der Waals surface area contributed by atoms with Crippen LogP contribution in [0.3, 0.4) is 0 Å². The van der Waals surface area contributed by atoms with Gasteiger partial charge in [-0.1, -0.05) is 13.8 Å². The van der Waals surface area contributed by atoms with E-state index in [1.807, 2.05) is 0 Å². The number of rotatable bonds is 3. The van der Waals surface area contributed by atoms with Gasteiger partial charge in [-0.15, -0.1) is 0 Å². The summed E-state index contributed by atoms with van der Waals surface area (Å²) in [5.41, 5.74) is 0. The average molecular weight is 211 g/mol. The summed E-state index contributed by atoms with van der Waals surface area (Å²) in [7, 11) is -4.72. The van der Waals surface area contributed by atoms with Crippen LogP contribution in [0.15, 0.2) is 0 Å². The fourth-order valence-electron chi connectivity index (χ4n) is 0.240. The first-order valence-electron chi connectivity index (χ1n) is 2.58. The van der Waals surface area contributed by atoms with Crippen LogP contribution in [0.5, 0.6) is 0 Å². The maximum absolute atomic E-state index is 9.79. The Morgan fingerprint density at radius 3 is 2.00 bits per heavy atom. The van der Waals surface area contributed by atoms with E-state index in [-0.39, 0.29) is 29.0 Å². The minimum Gasteiger partial charge on any atom is -0.790 e. The van der Waals surface area contributed by atoms with E-state index in [2.05, 4.69) is 4.52 Å². The van der Waals surface area contributed by atoms with Crippen molar-refractivity contribution in [3.05, 3.63) is 0 Å². The maximum atomic E-state index is 9.79. The van der Waals surface area contributed by atoms with E-state index in [1.54, 1.807) is 13.8 Å². The first kappa shape index (κ1) is 13.2. The molecule has 0 fully saturated rings. The Morgan fingerprint density at radius 1 is 1.50 bits per heavy atom. The van der Waals surface area contributed by atoms with Crippen LogP contribution in [0, 0.1) is 5.92 Å². The topological polar surface area (TPSA) is 72.4 Å². The fourth-order valence-corrected chi connectivity index (χ4v) is 0.721. The van der Waals surface area contributed by atoms with Crippen LogP contribution in [-0.2, 0) is 25.6 Å². The Morgan fingerprint density at radius 2 is 1.90 bits per heavy atom. The van der Waals surface area contributed by atoms with Crippen LogP contribution in [0.25, 0.3) is 0 Å². The first-order valence-corrected chi connectivity index (χ1v) is 4.04. The normalized spacial score (nSPS) is 11.3. The van der Waals surface area contributed by atoms with Crippen molar-refractivity contribution in [3.8, 4) is 0 Å². The van der Waals surface area contributed by atoms with Gasteiger partial charge in [0.1, 0.15) is 0 Å². The molecule has 0 spiro atoms. The molecule has 6 heteroatoms. The molecule has 0 aromatic rings. The van der Waals surface area contributed by atoms with E-state index in [4.69, 9.17) is 0 Å². The molecule has 64 valence electrons. The Hall–Kier alpha value is 0.604. The van der Waals surface area contributed by atoms with Gasteiger partial charge in [0, 0.05) is 0 Å². The Labute approximate surface area is 70.1 Å². The van der Waals surface area contributed by atoms with Crippen molar-refractivity contribution < 1.29 is 35.4 Å². The predicted octanol–water partition coefficient (Wildman–Crippen LogP) is -0.515. The quantitative estimate of drug-likeness (QED) is 0.465. The smallest absolute Gasteiger partial charge is 0.790 e. The summed E-state index contributed by atoms with van der Waals surface area (Å²) in [4.78, 5) is 19.6. The minimum absolute atomic E-state index is 0. The van der Waals surface area contributed by atoms with Gasteiger partial charge in [-0.25, -0.2) is 0 Å². The molecular formula is C4H9NiO4P. The van der Waals surface area contributed by atoms with E-state index in [9.17, 15) is 14.4 Å². The third-order valence-electron chi connectivity index (χ3n) is 0.566. The molecule has 0 amide bonds. The zero-order valence-electron chi connectivity index (χ0n) is 5.68. The van der Waals surface area contributed by atoms with Crippen molar-refractivity contribution in [2.45, 2.75) is 13.8 Å². The Kier molecular flexibility index (Phi) is 6.98. The standard InChI is InChI=1S/C4H11O4P.Ni/c1-4(2)3-8-9(5,6)7;/h4H,3H2,1-2H3,(H2,5,6,7);/q;+2/p-2. The summed E-state index contributed by atoms with van der Waals surface area (Å²) in [5.74, 6) is 0.0706. The monoisotopic (exact) mass is 210 g/mol. The van der Waals surface area contributed by atoms with Crippen molar-refractivity contribution >= 4 is 7.82 Å². The molecule has 0 radical (unpaired) electrons. The number of phosphoric ester groups is 1. The van der Waals surface area contributed by atoms with Crippen molar-refractivity contribution in [2.75, 3.05) is 6.61 Å². The fraction of sp³-hybridized carbons (Fsp3) is 1.00. The molecule has 0 saturated carbocycles. The molecule has 0 aromatic heterocycles. The Bertz CT molecular complexity index is 120. The summed E-state index contributed by atoms with van der Waals surface area (Å²) in [6.07, 6.45) is 0. The molecule has 4 nitrogen and oxygen atoms in total. The summed E-state index contributed by atoms with van der Waals surface area (Å²) in [6, 6.07) is 0. The van der Waals surface area contributed by atoms with Gasteiger partial charge in [0.25, 0.3) is 0 Å². The second kappa shape index (κ2) is 5.28. The zero-order chi connectivity index (χ0) is 7.49. The number of hydrogen-bond donors (Lipinski definition) is 0. The molecule has 0 unspecified atom stereocenters. The van der Waals surface area contributed by atoms with Gasteiger partial charge < -0.3 is 18.9 Å². The van der Waals surface area contributed by atoms with Crippen molar-refractivity contribution in [3.63, 3.8) is 0 Å². The average Bonchev–Trinajstić information content (AvgIpc) is 1.59. The second-order valence-corrected chi connectivity index (χ2v) is 3.29. The Balaban J connectivity index is 0. The van der Waals surface area contributed by atoms with Gasteiger partial charge in [-0.3, -0.25) is 0 Å². The van der Waals surface area contributed by atoms with Gasteiger partial charge in [-0.05, 0) is 5.92 Å². The zero-order valence-corrected chi connectivity index (χ0v) is 7.56. The molecule has 0 aliphatic carbocycles. The number of hydrogen-bond acceptors (Lipinski definition) is 4. The van der Waals surface area contributed by atoms with Crippen molar-refractivity contribution in [1.82, 2.24) is 0 Å². The minimum atomic E-state index is -4.72. The van der Waals surface area contributed by atoms with Gasteiger partial charge in [0.2, 0.25) is 0 Å². The van der Waals surface area contributed by atoms with Gasteiger partial charge in [0.15, 0.2) is 0 Å². The predicted molar refractivity (Wildman–Crippen MR) is 28.4 cm³/mol. The van der Waals surface area contributed by atoms with Gasteiger partial charge >= 0.3 is 16.5 Å². The molecule has 0 heterocycles. The van der Waals surface area contributed by atoms with E-state index >= 15 is 0 Å². The molecule has 0 aromatic carbocycles. The number of phosphoric acid groups is 1. The van der Waals surface area contributed by atoms with Crippen LogP contribution in [0.1, 0.15) is 13.8 Å². The second-order valence-electron chi connectivity index (χ2n) is 2.14. The van der Waals surface area contributed by atoms with Crippen LogP contribution < -0.4 is 9.79 Å². The summed E-state index contributed by atoms with van der Waals surface area (Å²) < 4.78 is 13.7. The molecule has 0 aliphatic rings.